The van der Waals surface area contributed by atoms with Gasteiger partial charge in [-0.05, 0) is 24.3 Å². The standard InChI is InChI=1S/C20H15Cl3F3N3O4S/c21-8-3-10(23)15(4-9(8)22)34-20-19(32)17(18(31)14(6-30)33-20)29-5-13(27-28-29)7-1-11(24)16(26)12(25)2-7/h1-5,14,17-20,30-32H,6H2/t14?,17?,18?,19-,20?/m0/s1. The van der Waals surface area contributed by atoms with E-state index >= 15 is 0 Å². The van der Waals surface area contributed by atoms with Gasteiger partial charge in [-0.25, -0.2) is 17.9 Å². The van der Waals surface area contributed by atoms with Crippen LogP contribution in [0, 0.1) is 17.5 Å². The lowest BCUT2D eigenvalue weighted by Gasteiger charge is -2.41. The van der Waals surface area contributed by atoms with Crippen molar-refractivity contribution in [2.75, 3.05) is 6.61 Å². The first-order valence-corrected chi connectivity index (χ1v) is 11.6. The van der Waals surface area contributed by atoms with Gasteiger partial charge in [0.15, 0.2) is 17.5 Å². The molecule has 182 valence electrons. The van der Waals surface area contributed by atoms with E-state index in [1.165, 1.54) is 18.3 Å². The van der Waals surface area contributed by atoms with Crippen LogP contribution in [0.5, 0.6) is 0 Å². The van der Waals surface area contributed by atoms with Crippen molar-refractivity contribution in [1.82, 2.24) is 15.0 Å². The number of thioether (sulfide) groups is 1. The Morgan fingerprint density at radius 1 is 0.971 bits per heavy atom. The van der Waals surface area contributed by atoms with Crippen LogP contribution in [-0.2, 0) is 4.74 Å². The minimum absolute atomic E-state index is 0.0408. The topological polar surface area (TPSA) is 101 Å². The largest absolute Gasteiger partial charge is 0.394 e. The molecule has 4 rings (SSSR count). The van der Waals surface area contributed by atoms with E-state index in [1.807, 2.05) is 0 Å². The molecule has 2 heterocycles. The van der Waals surface area contributed by atoms with E-state index in [2.05, 4.69) is 10.3 Å². The summed E-state index contributed by atoms with van der Waals surface area (Å²) in [4.78, 5) is 0.420. The fraction of sp³-hybridized carbons (Fsp3) is 0.300. The van der Waals surface area contributed by atoms with Crippen molar-refractivity contribution in [1.29, 1.82) is 0 Å². The van der Waals surface area contributed by atoms with Gasteiger partial charge in [0, 0.05) is 10.5 Å². The van der Waals surface area contributed by atoms with Crippen molar-refractivity contribution in [3.8, 4) is 11.3 Å². The maximum absolute atomic E-state index is 13.6. The minimum Gasteiger partial charge on any atom is -0.394 e. The third-order valence-corrected chi connectivity index (χ3v) is 7.52. The SMILES string of the molecule is OCC1OC(Sc2cc(Cl)c(Cl)cc2Cl)[C@@H](O)C(n2cc(-c3cc(F)c(F)c(F)c3)nn2)C1O. The lowest BCUT2D eigenvalue weighted by molar-refractivity contribution is -0.178. The highest BCUT2D eigenvalue weighted by atomic mass is 35.5. The van der Waals surface area contributed by atoms with Crippen molar-refractivity contribution < 1.29 is 33.2 Å². The normalized spacial score (nSPS) is 25.0. The summed E-state index contributed by atoms with van der Waals surface area (Å²) in [6, 6.07) is 3.20. The Balaban J connectivity index is 1.65. The first-order valence-electron chi connectivity index (χ1n) is 9.61. The van der Waals surface area contributed by atoms with E-state index in [0.29, 0.717) is 4.90 Å². The Labute approximate surface area is 210 Å². The van der Waals surface area contributed by atoms with Crippen LogP contribution in [0.1, 0.15) is 6.04 Å². The molecule has 3 aromatic rings. The van der Waals surface area contributed by atoms with Crippen molar-refractivity contribution in [2.45, 2.75) is 34.7 Å². The van der Waals surface area contributed by atoms with E-state index < -0.39 is 53.8 Å². The monoisotopic (exact) mass is 555 g/mol. The van der Waals surface area contributed by atoms with Crippen molar-refractivity contribution in [3.63, 3.8) is 0 Å². The Bertz CT molecular complexity index is 1200. The number of benzene rings is 2. The van der Waals surface area contributed by atoms with Crippen molar-refractivity contribution in [3.05, 3.63) is 63.0 Å². The Morgan fingerprint density at radius 3 is 2.26 bits per heavy atom. The van der Waals surface area contributed by atoms with Gasteiger partial charge in [0.05, 0.1) is 27.9 Å². The maximum Gasteiger partial charge on any atom is 0.194 e. The minimum atomic E-state index is -1.63. The predicted octanol–water partition coefficient (Wildman–Crippen LogP) is 4.10. The zero-order valence-electron chi connectivity index (χ0n) is 16.7. The third kappa shape index (κ3) is 4.89. The van der Waals surface area contributed by atoms with Crippen LogP contribution >= 0.6 is 46.6 Å². The van der Waals surface area contributed by atoms with Crippen LogP contribution in [0.25, 0.3) is 11.3 Å². The van der Waals surface area contributed by atoms with Crippen LogP contribution in [-0.4, -0.2) is 60.7 Å². The van der Waals surface area contributed by atoms with Crippen LogP contribution in [0.3, 0.4) is 0 Å². The maximum atomic E-state index is 13.6. The molecule has 0 saturated carbocycles. The number of hydrogen-bond donors (Lipinski definition) is 3. The summed E-state index contributed by atoms with van der Waals surface area (Å²) in [5.41, 5.74) is -1.19. The summed E-state index contributed by atoms with van der Waals surface area (Å²) in [6.45, 7) is -0.591. The summed E-state index contributed by atoms with van der Waals surface area (Å²) in [5, 5.41) is 39.7. The molecule has 1 aliphatic rings. The summed E-state index contributed by atoms with van der Waals surface area (Å²) >= 11 is 19.2. The number of ether oxygens (including phenoxy) is 1. The number of aromatic nitrogens is 3. The van der Waals surface area contributed by atoms with Gasteiger partial charge in [0.2, 0.25) is 0 Å². The van der Waals surface area contributed by atoms with Gasteiger partial charge in [-0.15, -0.1) is 5.10 Å². The second-order valence-electron chi connectivity index (χ2n) is 7.35. The van der Waals surface area contributed by atoms with Crippen LogP contribution < -0.4 is 0 Å². The lowest BCUT2D eigenvalue weighted by Crippen LogP contribution is -2.55. The van der Waals surface area contributed by atoms with Crippen molar-refractivity contribution >= 4 is 46.6 Å². The molecule has 1 fully saturated rings. The van der Waals surface area contributed by atoms with Gasteiger partial charge in [-0.2, -0.15) is 0 Å². The number of hydrogen-bond acceptors (Lipinski definition) is 7. The molecule has 1 aliphatic heterocycles. The number of rotatable bonds is 5. The van der Waals surface area contributed by atoms with E-state index in [9.17, 15) is 28.5 Å². The molecule has 1 aromatic heterocycles. The average molecular weight is 557 g/mol. The molecule has 1 saturated heterocycles. The molecule has 2 aromatic carbocycles. The highest BCUT2D eigenvalue weighted by Gasteiger charge is 2.46. The molecule has 34 heavy (non-hydrogen) atoms. The number of aliphatic hydroxyl groups excluding tert-OH is 3. The second kappa shape index (κ2) is 10.2. The van der Waals surface area contributed by atoms with Crippen LogP contribution in [0.4, 0.5) is 13.2 Å². The summed E-state index contributed by atoms with van der Waals surface area (Å²) in [7, 11) is 0. The van der Waals surface area contributed by atoms with E-state index in [1.54, 1.807) is 0 Å². The Hall–Kier alpha value is -1.57. The van der Waals surface area contributed by atoms with Gasteiger partial charge >= 0.3 is 0 Å². The van der Waals surface area contributed by atoms with Gasteiger partial charge in [-0.1, -0.05) is 51.8 Å². The smallest absolute Gasteiger partial charge is 0.194 e. The molecule has 0 radical (unpaired) electrons. The molecule has 0 amide bonds. The molecular formula is C20H15Cl3F3N3O4S. The summed E-state index contributed by atoms with van der Waals surface area (Å²) in [5.74, 6) is -4.45. The molecular weight excluding hydrogens is 542 g/mol. The van der Waals surface area contributed by atoms with E-state index in [0.717, 1.165) is 28.6 Å². The zero-order chi connectivity index (χ0) is 24.7. The molecule has 0 bridgehead atoms. The first kappa shape index (κ1) is 25.5. The summed E-state index contributed by atoms with van der Waals surface area (Å²) < 4.78 is 47.3. The Morgan fingerprint density at radius 2 is 1.62 bits per heavy atom. The molecule has 0 spiro atoms. The zero-order valence-corrected chi connectivity index (χ0v) is 19.8. The number of halogens is 6. The van der Waals surface area contributed by atoms with Gasteiger partial charge in [0.25, 0.3) is 0 Å². The fourth-order valence-electron chi connectivity index (χ4n) is 3.46. The molecule has 0 aliphatic carbocycles. The van der Waals surface area contributed by atoms with Gasteiger partial charge in [-0.3, -0.25) is 0 Å². The quantitative estimate of drug-likeness (QED) is 0.321. The molecule has 7 nitrogen and oxygen atoms in total. The molecule has 5 atom stereocenters. The number of nitrogens with zero attached hydrogens (tertiary/aromatic N) is 3. The van der Waals surface area contributed by atoms with Gasteiger partial charge < -0.3 is 20.1 Å². The van der Waals surface area contributed by atoms with Crippen molar-refractivity contribution in [2.24, 2.45) is 0 Å². The molecule has 3 N–H and O–H groups in total. The highest BCUT2D eigenvalue weighted by molar-refractivity contribution is 8.00. The fourth-order valence-corrected chi connectivity index (χ4v) is 5.31. The van der Waals surface area contributed by atoms with E-state index in [4.69, 9.17) is 39.5 Å². The Kier molecular flexibility index (Phi) is 7.65. The second-order valence-corrected chi connectivity index (χ2v) is 9.71. The van der Waals surface area contributed by atoms with Crippen LogP contribution in [0.2, 0.25) is 15.1 Å². The molecule has 4 unspecified atom stereocenters. The average Bonchev–Trinajstić information content (AvgIpc) is 3.27. The number of aliphatic hydroxyl groups is 3. The predicted molar refractivity (Wildman–Crippen MR) is 119 cm³/mol. The summed E-state index contributed by atoms with van der Waals surface area (Å²) in [6.07, 6.45) is -2.75. The first-order chi connectivity index (χ1) is 16.1. The lowest BCUT2D eigenvalue weighted by atomic mass is 9.97. The molecule has 14 heteroatoms. The highest BCUT2D eigenvalue weighted by Crippen LogP contribution is 2.42. The van der Waals surface area contributed by atoms with Crippen LogP contribution in [0.15, 0.2) is 35.4 Å². The van der Waals surface area contributed by atoms with Gasteiger partial charge in [0.1, 0.15) is 35.5 Å². The third-order valence-electron chi connectivity index (χ3n) is 5.16. The van der Waals surface area contributed by atoms with E-state index in [-0.39, 0.29) is 26.3 Å².